The number of ether oxygens (including phenoxy) is 2. The highest BCUT2D eigenvalue weighted by molar-refractivity contribution is 7.45. The van der Waals surface area contributed by atoms with Crippen molar-refractivity contribution in [1.82, 2.24) is 0 Å². The highest BCUT2D eigenvalue weighted by Gasteiger charge is 2.21. The van der Waals surface area contributed by atoms with Gasteiger partial charge in [0.15, 0.2) is 6.10 Å². The lowest BCUT2D eigenvalue weighted by atomic mass is 10.0. The minimum atomic E-state index is -4.64. The maximum absolute atomic E-state index is 12.6. The summed E-state index contributed by atoms with van der Waals surface area (Å²) in [6.07, 6.45) is 44.1. The van der Waals surface area contributed by atoms with E-state index in [-0.39, 0.29) is 26.1 Å². The van der Waals surface area contributed by atoms with E-state index in [0.29, 0.717) is 23.9 Å². The topological polar surface area (TPSA) is 111 Å². The van der Waals surface area contributed by atoms with Gasteiger partial charge in [-0.15, -0.1) is 0 Å². The average Bonchev–Trinajstić information content (AvgIpc) is 3.13. The Labute approximate surface area is 336 Å². The molecule has 10 heteroatoms. The first kappa shape index (κ1) is 52.7. The molecule has 0 aliphatic rings. The predicted octanol–water partition coefficient (Wildman–Crippen LogP) is 11.4. The number of nitrogens with zero attached hydrogens (tertiary/aromatic N) is 1. The Hall–Kier alpha value is -2.29. The van der Waals surface area contributed by atoms with Crippen LogP contribution in [0, 0.1) is 0 Å². The lowest BCUT2D eigenvalue weighted by Gasteiger charge is -2.28. The van der Waals surface area contributed by atoms with Gasteiger partial charge in [-0.1, -0.05) is 184 Å². The summed E-state index contributed by atoms with van der Waals surface area (Å²) >= 11 is 0. The maximum atomic E-state index is 12.6. The fourth-order valence-electron chi connectivity index (χ4n) is 5.57. The van der Waals surface area contributed by atoms with Crippen molar-refractivity contribution in [2.45, 2.75) is 168 Å². The van der Waals surface area contributed by atoms with Crippen LogP contribution in [0.25, 0.3) is 0 Å². The van der Waals surface area contributed by atoms with Gasteiger partial charge < -0.3 is 27.9 Å². The summed E-state index contributed by atoms with van der Waals surface area (Å²) < 4.78 is 33.8. The molecule has 9 nitrogen and oxygen atoms in total. The zero-order valence-corrected chi connectivity index (χ0v) is 36.5. The Balaban J connectivity index is 4.41. The summed E-state index contributed by atoms with van der Waals surface area (Å²) in [5, 5.41) is 0. The van der Waals surface area contributed by atoms with Gasteiger partial charge in [-0.3, -0.25) is 14.2 Å². The van der Waals surface area contributed by atoms with Gasteiger partial charge in [0, 0.05) is 12.8 Å². The third kappa shape index (κ3) is 41.2. The molecule has 318 valence electrons. The van der Waals surface area contributed by atoms with Crippen molar-refractivity contribution in [3.63, 3.8) is 0 Å². The molecule has 0 bridgehead atoms. The monoisotopic (exact) mass is 794 g/mol. The summed E-state index contributed by atoms with van der Waals surface area (Å²) in [6, 6.07) is 0. The second kappa shape index (κ2) is 37.3. The number of quaternary nitrogens is 1. The van der Waals surface area contributed by atoms with E-state index in [4.69, 9.17) is 18.5 Å². The van der Waals surface area contributed by atoms with E-state index < -0.39 is 32.5 Å². The van der Waals surface area contributed by atoms with Crippen LogP contribution in [0.2, 0.25) is 0 Å². The van der Waals surface area contributed by atoms with Crippen LogP contribution < -0.4 is 4.89 Å². The van der Waals surface area contributed by atoms with Gasteiger partial charge in [0.05, 0.1) is 27.7 Å². The molecule has 0 amide bonds. The number of rotatable bonds is 38. The lowest BCUT2D eigenvalue weighted by molar-refractivity contribution is -0.870. The van der Waals surface area contributed by atoms with Crippen LogP contribution >= 0.6 is 7.82 Å². The normalized spacial score (nSPS) is 14.2. The van der Waals surface area contributed by atoms with E-state index >= 15 is 0 Å². The molecular weight excluding hydrogens is 713 g/mol. The molecule has 0 N–H and O–H groups in total. The number of carbonyl (C=O) groups is 2. The Bertz CT molecular complexity index is 1120. The van der Waals surface area contributed by atoms with Crippen LogP contribution in [0.4, 0.5) is 0 Å². The predicted molar refractivity (Wildman–Crippen MR) is 226 cm³/mol. The van der Waals surface area contributed by atoms with Crippen molar-refractivity contribution >= 4 is 19.8 Å². The van der Waals surface area contributed by atoms with Crippen molar-refractivity contribution in [1.29, 1.82) is 0 Å². The minimum absolute atomic E-state index is 0.0458. The summed E-state index contributed by atoms with van der Waals surface area (Å²) in [6.45, 7) is 3.99. The zero-order valence-electron chi connectivity index (χ0n) is 35.6. The summed E-state index contributed by atoms with van der Waals surface area (Å²) in [4.78, 5) is 37.4. The number of hydrogen-bond donors (Lipinski definition) is 0. The molecule has 0 spiro atoms. The van der Waals surface area contributed by atoms with Crippen molar-refractivity contribution < 1.29 is 42.1 Å². The van der Waals surface area contributed by atoms with Gasteiger partial charge in [0.2, 0.25) is 0 Å². The first-order chi connectivity index (χ1) is 26.5. The quantitative estimate of drug-likeness (QED) is 0.0200. The Morgan fingerprint density at radius 2 is 1.04 bits per heavy atom. The third-order valence-electron chi connectivity index (χ3n) is 8.93. The molecular formula is C45H80NO8P. The number of phosphoric acid groups is 1. The molecule has 0 aliphatic heterocycles. The number of allylic oxidation sites excluding steroid dienone is 10. The molecule has 0 rings (SSSR count). The van der Waals surface area contributed by atoms with Gasteiger partial charge in [-0.05, 0) is 25.7 Å². The molecule has 55 heavy (non-hydrogen) atoms. The highest BCUT2D eigenvalue weighted by Crippen LogP contribution is 2.38. The van der Waals surface area contributed by atoms with Crippen LogP contribution in [0.3, 0.4) is 0 Å². The first-order valence-corrected chi connectivity index (χ1v) is 23.0. The summed E-state index contributed by atoms with van der Waals surface area (Å²) in [5.41, 5.74) is 0. The molecule has 0 heterocycles. The number of unbranched alkanes of at least 4 members (excludes halogenated alkanes) is 18. The fourth-order valence-corrected chi connectivity index (χ4v) is 6.30. The van der Waals surface area contributed by atoms with Crippen molar-refractivity contribution in [3.8, 4) is 0 Å². The summed E-state index contributed by atoms with van der Waals surface area (Å²) in [7, 11) is 1.11. The van der Waals surface area contributed by atoms with Crippen LogP contribution in [-0.2, 0) is 32.7 Å². The van der Waals surface area contributed by atoms with Crippen LogP contribution in [-0.4, -0.2) is 70.0 Å². The van der Waals surface area contributed by atoms with Gasteiger partial charge in [0.1, 0.15) is 19.8 Å². The van der Waals surface area contributed by atoms with Crippen molar-refractivity contribution in [3.05, 3.63) is 60.8 Å². The van der Waals surface area contributed by atoms with E-state index in [2.05, 4.69) is 19.9 Å². The Morgan fingerprint density at radius 3 is 1.53 bits per heavy atom. The van der Waals surface area contributed by atoms with E-state index in [0.717, 1.165) is 25.7 Å². The smallest absolute Gasteiger partial charge is 0.306 e. The zero-order chi connectivity index (χ0) is 40.7. The number of hydrogen-bond acceptors (Lipinski definition) is 8. The van der Waals surface area contributed by atoms with E-state index in [1.165, 1.54) is 96.3 Å². The largest absolute Gasteiger partial charge is 0.756 e. The van der Waals surface area contributed by atoms with Crippen LogP contribution in [0.5, 0.6) is 0 Å². The minimum Gasteiger partial charge on any atom is -0.756 e. The highest BCUT2D eigenvalue weighted by atomic mass is 31.2. The summed E-state index contributed by atoms with van der Waals surface area (Å²) in [5.74, 6) is -0.921. The molecule has 0 aromatic heterocycles. The fraction of sp³-hybridized carbons (Fsp3) is 0.733. The van der Waals surface area contributed by atoms with Gasteiger partial charge in [-0.25, -0.2) is 0 Å². The van der Waals surface area contributed by atoms with Crippen molar-refractivity contribution in [2.24, 2.45) is 0 Å². The maximum Gasteiger partial charge on any atom is 0.306 e. The molecule has 0 aromatic carbocycles. The SMILES string of the molecule is CC/C=C/C=C/C=C/C=C/C=C/CCCC(=O)OC(COC(=O)CCCCCCCCCCCCCCCCCCCC)COP(=O)([O-])OCC[N+](C)(C)C. The van der Waals surface area contributed by atoms with Gasteiger partial charge >= 0.3 is 11.9 Å². The van der Waals surface area contributed by atoms with Crippen LogP contribution in [0.1, 0.15) is 162 Å². The van der Waals surface area contributed by atoms with Gasteiger partial charge in [-0.2, -0.15) is 0 Å². The molecule has 0 saturated heterocycles. The van der Waals surface area contributed by atoms with E-state index in [1.807, 2.05) is 75.8 Å². The molecule has 2 unspecified atom stereocenters. The van der Waals surface area contributed by atoms with Crippen molar-refractivity contribution in [2.75, 3.05) is 47.5 Å². The second-order valence-corrected chi connectivity index (χ2v) is 16.9. The lowest BCUT2D eigenvalue weighted by Crippen LogP contribution is -2.37. The molecule has 0 radical (unpaired) electrons. The van der Waals surface area contributed by atoms with Crippen LogP contribution in [0.15, 0.2) is 60.8 Å². The number of carbonyl (C=O) groups excluding carboxylic acids is 2. The molecule has 0 saturated carbocycles. The number of phosphoric ester groups is 1. The third-order valence-corrected chi connectivity index (χ3v) is 9.89. The van der Waals surface area contributed by atoms with E-state index in [9.17, 15) is 19.0 Å². The molecule has 0 fully saturated rings. The number of esters is 2. The standard InChI is InChI=1S/C45H80NO8P/c1-6-8-10-12-14-16-18-20-21-22-23-24-26-27-29-31-33-35-37-44(47)51-41-43(42-53-55(49,50)52-40-39-46(3,4)5)54-45(48)38-36-34-32-30-28-25-19-17-15-13-11-9-7-2/h9,11,13,15,17,19,25,28,30,32,43H,6-8,10,12,14,16,18,20-24,26-27,29,31,33-42H2,1-5H3/b11-9+,15-13+,19-17+,28-25+,32-30+. The molecule has 0 aromatic rings. The Kier molecular flexibility index (Phi) is 35.7. The first-order valence-electron chi connectivity index (χ1n) is 21.6. The molecule has 2 atom stereocenters. The number of likely N-dealkylation sites (N-methyl/N-ethyl adjacent to an activating group) is 1. The molecule has 0 aliphatic carbocycles. The Morgan fingerprint density at radius 1 is 0.582 bits per heavy atom. The second-order valence-electron chi connectivity index (χ2n) is 15.5. The van der Waals surface area contributed by atoms with E-state index in [1.54, 1.807) is 0 Å². The van der Waals surface area contributed by atoms with Gasteiger partial charge in [0.25, 0.3) is 7.82 Å². The average molecular weight is 794 g/mol.